The van der Waals surface area contributed by atoms with Crippen molar-refractivity contribution >= 4 is 13.5 Å². The van der Waals surface area contributed by atoms with Gasteiger partial charge in [-0.15, -0.1) is 0 Å². The van der Waals surface area contributed by atoms with Crippen LogP contribution in [0.5, 0.6) is 5.75 Å². The monoisotopic (exact) mass is 327 g/mol. The van der Waals surface area contributed by atoms with E-state index in [0.29, 0.717) is 5.75 Å². The van der Waals surface area contributed by atoms with Crippen molar-refractivity contribution in [2.45, 2.75) is 52.2 Å². The molecular weight excluding hydrogens is 301 g/mol. The van der Waals surface area contributed by atoms with E-state index in [0.717, 1.165) is 0 Å². The molecule has 22 heavy (non-hydrogen) atoms. The van der Waals surface area contributed by atoms with Crippen molar-refractivity contribution in [3.8, 4) is 5.75 Å². The van der Waals surface area contributed by atoms with Gasteiger partial charge in [-0.2, -0.15) is 0 Å². The van der Waals surface area contributed by atoms with Crippen molar-refractivity contribution in [2.75, 3.05) is 6.61 Å². The highest BCUT2D eigenvalue weighted by Gasteiger charge is 2.46. The van der Waals surface area contributed by atoms with E-state index in [1.165, 1.54) is 0 Å². The second-order valence-electron chi connectivity index (χ2n) is 6.58. The van der Waals surface area contributed by atoms with Crippen molar-refractivity contribution in [1.82, 2.24) is 5.09 Å². The van der Waals surface area contributed by atoms with Gasteiger partial charge < -0.3 is 9.26 Å². The lowest BCUT2D eigenvalue weighted by molar-refractivity contribution is -0.149. The Hall–Kier alpha value is -1.32. The molecule has 0 heterocycles. The second kappa shape index (κ2) is 6.84. The average molecular weight is 327 g/mol. The molecule has 1 aromatic carbocycles. The maximum atomic E-state index is 13.4. The highest BCUT2D eigenvalue weighted by atomic mass is 31.2. The Kier molecular flexibility index (Phi) is 5.82. The lowest BCUT2D eigenvalue weighted by Gasteiger charge is -2.36. The molecule has 0 fully saturated rings. The van der Waals surface area contributed by atoms with Crippen molar-refractivity contribution in [3.63, 3.8) is 0 Å². The normalized spacial score (nSPS) is 15.0. The minimum absolute atomic E-state index is 0.267. The van der Waals surface area contributed by atoms with Crippen LogP contribution < -0.4 is 9.61 Å². The van der Waals surface area contributed by atoms with Gasteiger partial charge in [0.25, 0.3) is 0 Å². The van der Waals surface area contributed by atoms with E-state index >= 15 is 0 Å². The number of benzene rings is 1. The number of carbonyl (C=O) groups excluding carboxylic acids is 1. The third kappa shape index (κ3) is 4.59. The molecule has 1 N–H and O–H groups in total. The first-order valence-corrected chi connectivity index (χ1v) is 8.96. The Bertz CT molecular complexity index is 549. The molecule has 6 heteroatoms. The Morgan fingerprint density at radius 2 is 1.68 bits per heavy atom. The average Bonchev–Trinajstić information content (AvgIpc) is 2.38. The van der Waals surface area contributed by atoms with Crippen LogP contribution in [0.4, 0.5) is 0 Å². The summed E-state index contributed by atoms with van der Waals surface area (Å²) < 4.78 is 24.2. The predicted octanol–water partition coefficient (Wildman–Crippen LogP) is 3.99. The summed E-state index contributed by atoms with van der Waals surface area (Å²) in [7, 11) is -3.37. The molecule has 0 aromatic heterocycles. The van der Waals surface area contributed by atoms with Crippen LogP contribution in [0.25, 0.3) is 0 Å². The minimum atomic E-state index is -3.37. The van der Waals surface area contributed by atoms with Gasteiger partial charge in [-0.3, -0.25) is 9.36 Å². The molecule has 0 aliphatic heterocycles. The van der Waals surface area contributed by atoms with E-state index in [1.54, 1.807) is 45.0 Å². The van der Waals surface area contributed by atoms with E-state index in [-0.39, 0.29) is 6.61 Å². The van der Waals surface area contributed by atoms with Crippen molar-refractivity contribution in [3.05, 3.63) is 30.3 Å². The van der Waals surface area contributed by atoms with Gasteiger partial charge in [-0.1, -0.05) is 18.2 Å². The lowest BCUT2D eigenvalue weighted by atomic mass is 10.1. The molecule has 124 valence electrons. The van der Waals surface area contributed by atoms with E-state index in [1.807, 2.05) is 26.8 Å². The fourth-order valence-electron chi connectivity index (χ4n) is 1.68. The first-order valence-electron chi connectivity index (χ1n) is 7.33. The molecule has 1 atom stereocenters. The van der Waals surface area contributed by atoms with Gasteiger partial charge in [0, 0.05) is 0 Å². The summed E-state index contributed by atoms with van der Waals surface area (Å²) in [4.78, 5) is 12.1. The number of esters is 1. The summed E-state index contributed by atoms with van der Waals surface area (Å²) >= 11 is 0. The van der Waals surface area contributed by atoms with Gasteiger partial charge in [0.05, 0.1) is 11.8 Å². The molecule has 1 aromatic rings. The minimum Gasteiger partial charge on any atom is -0.465 e. The van der Waals surface area contributed by atoms with Crippen LogP contribution in [0.1, 0.15) is 41.5 Å². The zero-order valence-corrected chi connectivity index (χ0v) is 15.1. The first kappa shape index (κ1) is 18.7. The van der Waals surface area contributed by atoms with Gasteiger partial charge >= 0.3 is 13.5 Å². The van der Waals surface area contributed by atoms with Crippen LogP contribution in [0.3, 0.4) is 0 Å². The third-order valence-electron chi connectivity index (χ3n) is 3.07. The van der Waals surface area contributed by atoms with Crippen LogP contribution in [0, 0.1) is 0 Å². The second-order valence-corrected chi connectivity index (χ2v) is 9.43. The quantitative estimate of drug-likeness (QED) is 0.632. The summed E-state index contributed by atoms with van der Waals surface area (Å²) in [5.41, 5.74) is -1.12. The van der Waals surface area contributed by atoms with E-state index in [9.17, 15) is 9.36 Å². The molecule has 0 amide bonds. The first-order chi connectivity index (χ1) is 10.0. The molecule has 1 rings (SSSR count). The maximum absolute atomic E-state index is 13.4. The molecule has 0 aliphatic rings. The molecule has 5 nitrogen and oxygen atoms in total. The zero-order chi connectivity index (χ0) is 17.0. The third-order valence-corrected chi connectivity index (χ3v) is 6.16. The molecular formula is C16H26NO4P. The summed E-state index contributed by atoms with van der Waals surface area (Å²) in [6.45, 7) is 10.7. The standard InChI is InChI=1S/C16H26NO4P/c1-7-20-14(18)16(5,6)17-22(19,15(2,3)4)21-13-11-9-8-10-12-13/h8-12H,7H2,1-6H3,(H,17,19)/t22-/m1/s1. The molecule has 0 unspecified atom stereocenters. The summed E-state index contributed by atoms with van der Waals surface area (Å²) in [5, 5.41) is 2.21. The largest absolute Gasteiger partial charge is 0.465 e. The Morgan fingerprint density at radius 1 is 1.14 bits per heavy atom. The topological polar surface area (TPSA) is 64.6 Å². The maximum Gasteiger partial charge on any atom is 0.326 e. The molecule has 0 saturated heterocycles. The highest BCUT2D eigenvalue weighted by molar-refractivity contribution is 7.59. The molecule has 0 aliphatic carbocycles. The lowest BCUT2D eigenvalue weighted by Crippen LogP contribution is -2.49. The summed E-state index contributed by atoms with van der Waals surface area (Å²) in [6.07, 6.45) is 0. The Balaban J connectivity index is 3.09. The summed E-state index contributed by atoms with van der Waals surface area (Å²) in [5.74, 6) is 0.0315. The van der Waals surface area contributed by atoms with Gasteiger partial charge in [-0.25, -0.2) is 5.09 Å². The predicted molar refractivity (Wildman–Crippen MR) is 88.3 cm³/mol. The molecule has 0 radical (unpaired) electrons. The smallest absolute Gasteiger partial charge is 0.326 e. The Morgan fingerprint density at radius 3 is 2.14 bits per heavy atom. The van der Waals surface area contributed by atoms with Crippen molar-refractivity contribution in [1.29, 1.82) is 0 Å². The van der Waals surface area contributed by atoms with Crippen LogP contribution in [-0.2, 0) is 14.1 Å². The van der Waals surface area contributed by atoms with Gasteiger partial charge in [-0.05, 0) is 53.7 Å². The van der Waals surface area contributed by atoms with E-state index < -0.39 is 24.2 Å². The number of para-hydroxylation sites is 1. The number of hydrogen-bond donors (Lipinski definition) is 1. The SMILES string of the molecule is CCOC(=O)C(C)(C)N[P@](=O)(Oc1ccccc1)C(C)(C)C. The fourth-order valence-corrected chi connectivity index (χ4v) is 3.58. The van der Waals surface area contributed by atoms with Crippen LogP contribution >= 0.6 is 7.52 Å². The van der Waals surface area contributed by atoms with Crippen LogP contribution in [-0.4, -0.2) is 23.3 Å². The van der Waals surface area contributed by atoms with E-state index in [2.05, 4.69) is 5.09 Å². The number of rotatable bonds is 6. The number of nitrogens with one attached hydrogen (secondary N) is 1. The van der Waals surface area contributed by atoms with Crippen molar-refractivity contribution < 1.29 is 18.6 Å². The van der Waals surface area contributed by atoms with E-state index in [4.69, 9.17) is 9.26 Å². The molecule has 0 spiro atoms. The van der Waals surface area contributed by atoms with Crippen molar-refractivity contribution in [2.24, 2.45) is 0 Å². The van der Waals surface area contributed by atoms with Gasteiger partial charge in [0.15, 0.2) is 0 Å². The molecule has 0 bridgehead atoms. The number of carbonyl (C=O) groups is 1. The molecule has 0 saturated carbocycles. The Labute approximate surface area is 132 Å². The van der Waals surface area contributed by atoms with Gasteiger partial charge in [0.2, 0.25) is 0 Å². The highest BCUT2D eigenvalue weighted by Crippen LogP contribution is 2.56. The van der Waals surface area contributed by atoms with Crippen LogP contribution in [0.15, 0.2) is 30.3 Å². The van der Waals surface area contributed by atoms with Gasteiger partial charge in [0.1, 0.15) is 11.3 Å². The number of ether oxygens (including phenoxy) is 1. The summed E-state index contributed by atoms with van der Waals surface area (Å²) in [6, 6.07) is 8.93. The fraction of sp³-hybridized carbons (Fsp3) is 0.562. The van der Waals surface area contributed by atoms with Crippen LogP contribution in [0.2, 0.25) is 0 Å². The number of hydrogen-bond acceptors (Lipinski definition) is 4. The zero-order valence-electron chi connectivity index (χ0n) is 14.2.